The molecule has 0 bridgehead atoms. The van der Waals surface area contributed by atoms with Gasteiger partial charge in [0.15, 0.2) is 0 Å². The molecule has 138 valence electrons. The fraction of sp³-hybridized carbons (Fsp3) is 0.250. The number of nitrogens with zero attached hydrogens (tertiary/aromatic N) is 1. The second-order valence-electron chi connectivity index (χ2n) is 6.54. The molecule has 2 aliphatic rings. The monoisotopic (exact) mass is 365 g/mol. The maximum Gasteiger partial charge on any atom is 0.324 e. The van der Waals surface area contributed by atoms with Gasteiger partial charge >= 0.3 is 6.03 Å². The molecule has 0 saturated carbocycles. The molecule has 2 heterocycles. The van der Waals surface area contributed by atoms with Crippen LogP contribution in [0.2, 0.25) is 0 Å². The van der Waals surface area contributed by atoms with E-state index in [9.17, 15) is 14.4 Å². The van der Waals surface area contributed by atoms with Crippen LogP contribution in [0.5, 0.6) is 5.75 Å². The van der Waals surface area contributed by atoms with Crippen molar-refractivity contribution in [3.63, 3.8) is 0 Å². The molecule has 1 saturated heterocycles. The van der Waals surface area contributed by atoms with Gasteiger partial charge in [-0.15, -0.1) is 0 Å². The van der Waals surface area contributed by atoms with Crippen LogP contribution in [-0.4, -0.2) is 35.9 Å². The standard InChI is InChI=1S/C20H19N3O4/c24-18-11-21-20(26)23(18)12-13-4-3-5-14(10-13)19(25)22-16-8-9-27-17-7-2-1-6-15(16)17/h1-7,10,16H,8-9,11-12H2,(H,21,26)(H,22,25)/t16-/m1/s1. The van der Waals surface area contributed by atoms with Crippen molar-refractivity contribution in [2.45, 2.75) is 19.0 Å². The highest BCUT2D eigenvalue weighted by molar-refractivity contribution is 6.02. The summed E-state index contributed by atoms with van der Waals surface area (Å²) < 4.78 is 5.63. The van der Waals surface area contributed by atoms with E-state index in [1.165, 1.54) is 0 Å². The third-order valence-electron chi connectivity index (χ3n) is 4.73. The summed E-state index contributed by atoms with van der Waals surface area (Å²) in [6, 6.07) is 14.1. The lowest BCUT2D eigenvalue weighted by Gasteiger charge is -2.26. The summed E-state index contributed by atoms with van der Waals surface area (Å²) in [4.78, 5) is 37.3. The lowest BCUT2D eigenvalue weighted by atomic mass is 10.00. The molecule has 0 radical (unpaired) electrons. The molecule has 2 aromatic carbocycles. The van der Waals surface area contributed by atoms with E-state index in [1.807, 2.05) is 24.3 Å². The number of hydrogen-bond donors (Lipinski definition) is 2. The Morgan fingerprint density at radius 3 is 2.85 bits per heavy atom. The first-order chi connectivity index (χ1) is 13.1. The van der Waals surface area contributed by atoms with Crippen molar-refractivity contribution in [1.82, 2.24) is 15.5 Å². The van der Waals surface area contributed by atoms with Gasteiger partial charge in [0.1, 0.15) is 5.75 Å². The van der Waals surface area contributed by atoms with E-state index in [0.717, 1.165) is 21.8 Å². The van der Waals surface area contributed by atoms with Crippen LogP contribution in [0, 0.1) is 0 Å². The van der Waals surface area contributed by atoms with Gasteiger partial charge < -0.3 is 15.4 Å². The van der Waals surface area contributed by atoms with Crippen molar-refractivity contribution in [3.8, 4) is 5.75 Å². The van der Waals surface area contributed by atoms with Crippen LogP contribution >= 0.6 is 0 Å². The summed E-state index contributed by atoms with van der Waals surface area (Å²) >= 11 is 0. The van der Waals surface area contributed by atoms with Gasteiger partial charge in [-0.2, -0.15) is 0 Å². The zero-order chi connectivity index (χ0) is 18.8. The Labute approximate surface area is 156 Å². The van der Waals surface area contributed by atoms with Crippen LogP contribution < -0.4 is 15.4 Å². The summed E-state index contributed by atoms with van der Waals surface area (Å²) in [5.74, 6) is 0.325. The maximum atomic E-state index is 12.7. The average Bonchev–Trinajstić information content (AvgIpc) is 3.00. The van der Waals surface area contributed by atoms with Crippen molar-refractivity contribution in [1.29, 1.82) is 0 Å². The Morgan fingerprint density at radius 2 is 2.04 bits per heavy atom. The van der Waals surface area contributed by atoms with Gasteiger partial charge in [-0.1, -0.05) is 30.3 Å². The normalized spacial score (nSPS) is 18.5. The number of amides is 4. The van der Waals surface area contributed by atoms with E-state index in [0.29, 0.717) is 18.6 Å². The molecular formula is C20H19N3O4. The van der Waals surface area contributed by atoms with Crippen LogP contribution in [0.4, 0.5) is 4.79 Å². The number of benzene rings is 2. The van der Waals surface area contributed by atoms with E-state index in [2.05, 4.69) is 10.6 Å². The highest BCUT2D eigenvalue weighted by Gasteiger charge is 2.28. The topological polar surface area (TPSA) is 87.7 Å². The fourth-order valence-electron chi connectivity index (χ4n) is 3.34. The fourth-order valence-corrected chi connectivity index (χ4v) is 3.34. The molecule has 7 nitrogen and oxygen atoms in total. The van der Waals surface area contributed by atoms with Gasteiger partial charge in [-0.3, -0.25) is 14.5 Å². The number of fused-ring (bicyclic) bond motifs is 1. The van der Waals surface area contributed by atoms with Crippen molar-refractivity contribution in [2.75, 3.05) is 13.2 Å². The first kappa shape index (κ1) is 17.1. The van der Waals surface area contributed by atoms with Gasteiger partial charge in [0.2, 0.25) is 5.91 Å². The second-order valence-corrected chi connectivity index (χ2v) is 6.54. The number of nitrogens with one attached hydrogen (secondary N) is 2. The molecule has 0 spiro atoms. The summed E-state index contributed by atoms with van der Waals surface area (Å²) in [5.41, 5.74) is 2.18. The number of ether oxygens (including phenoxy) is 1. The van der Waals surface area contributed by atoms with Crippen molar-refractivity contribution < 1.29 is 19.1 Å². The van der Waals surface area contributed by atoms with Gasteiger partial charge in [0.05, 0.1) is 25.7 Å². The third kappa shape index (κ3) is 3.48. The first-order valence-corrected chi connectivity index (χ1v) is 8.81. The van der Waals surface area contributed by atoms with Gasteiger partial charge in [-0.05, 0) is 23.8 Å². The molecule has 1 atom stereocenters. The molecule has 2 N–H and O–H groups in total. The molecule has 1 fully saturated rings. The lowest BCUT2D eigenvalue weighted by molar-refractivity contribution is -0.125. The minimum absolute atomic E-state index is 0.0160. The molecule has 27 heavy (non-hydrogen) atoms. The molecule has 4 rings (SSSR count). The van der Waals surface area contributed by atoms with Crippen LogP contribution in [0.15, 0.2) is 48.5 Å². The summed E-state index contributed by atoms with van der Waals surface area (Å²) in [7, 11) is 0. The van der Waals surface area contributed by atoms with Crippen LogP contribution in [0.1, 0.15) is 33.9 Å². The highest BCUT2D eigenvalue weighted by atomic mass is 16.5. The summed E-state index contributed by atoms with van der Waals surface area (Å²) in [5, 5.41) is 5.54. The quantitative estimate of drug-likeness (QED) is 0.811. The molecule has 0 aromatic heterocycles. The Balaban J connectivity index is 1.48. The maximum absolute atomic E-state index is 12.7. The largest absolute Gasteiger partial charge is 0.493 e. The van der Waals surface area contributed by atoms with E-state index in [1.54, 1.807) is 24.3 Å². The SMILES string of the molecule is O=C(N[C@@H]1CCOc2ccccc21)c1cccc(CN2C(=O)CNC2=O)c1. The second kappa shape index (κ2) is 7.11. The van der Waals surface area contributed by atoms with E-state index >= 15 is 0 Å². The van der Waals surface area contributed by atoms with Crippen LogP contribution in [0.3, 0.4) is 0 Å². The Bertz CT molecular complexity index is 896. The van der Waals surface area contributed by atoms with Gasteiger partial charge in [0.25, 0.3) is 5.91 Å². The zero-order valence-corrected chi connectivity index (χ0v) is 14.6. The number of carbonyl (C=O) groups excluding carboxylic acids is 3. The predicted molar refractivity (Wildman–Crippen MR) is 97.2 cm³/mol. The number of carbonyl (C=O) groups is 3. The van der Waals surface area contributed by atoms with E-state index < -0.39 is 6.03 Å². The molecule has 4 amide bonds. The average molecular weight is 365 g/mol. The molecule has 2 aromatic rings. The summed E-state index contributed by atoms with van der Waals surface area (Å²) in [6.45, 7) is 0.711. The molecule has 0 aliphatic carbocycles. The number of imide groups is 1. The third-order valence-corrected chi connectivity index (χ3v) is 4.73. The van der Waals surface area contributed by atoms with Gasteiger partial charge in [0, 0.05) is 17.5 Å². The lowest BCUT2D eigenvalue weighted by Crippen LogP contribution is -2.32. The first-order valence-electron chi connectivity index (χ1n) is 8.81. The number of urea groups is 1. The van der Waals surface area contributed by atoms with Crippen molar-refractivity contribution in [2.24, 2.45) is 0 Å². The minimum Gasteiger partial charge on any atom is -0.493 e. The van der Waals surface area contributed by atoms with Crippen LogP contribution in [0.25, 0.3) is 0 Å². The smallest absolute Gasteiger partial charge is 0.324 e. The zero-order valence-electron chi connectivity index (χ0n) is 14.6. The summed E-state index contributed by atoms with van der Waals surface area (Å²) in [6.07, 6.45) is 0.699. The molecule has 7 heteroatoms. The number of para-hydroxylation sites is 1. The number of hydrogen-bond acceptors (Lipinski definition) is 4. The predicted octanol–water partition coefficient (Wildman–Crippen LogP) is 1.99. The molecular weight excluding hydrogens is 346 g/mol. The van der Waals surface area contributed by atoms with E-state index in [-0.39, 0.29) is 30.9 Å². The van der Waals surface area contributed by atoms with E-state index in [4.69, 9.17) is 4.74 Å². The van der Waals surface area contributed by atoms with Crippen molar-refractivity contribution in [3.05, 3.63) is 65.2 Å². The highest BCUT2D eigenvalue weighted by Crippen LogP contribution is 2.31. The molecule has 0 unspecified atom stereocenters. The minimum atomic E-state index is -0.409. The Morgan fingerprint density at radius 1 is 1.19 bits per heavy atom. The number of rotatable bonds is 4. The Kier molecular flexibility index (Phi) is 4.50. The molecule has 2 aliphatic heterocycles. The van der Waals surface area contributed by atoms with Crippen LogP contribution in [-0.2, 0) is 11.3 Å². The van der Waals surface area contributed by atoms with Gasteiger partial charge in [-0.25, -0.2) is 4.79 Å². The van der Waals surface area contributed by atoms with Crippen molar-refractivity contribution >= 4 is 17.8 Å². The Hall–Kier alpha value is -3.35.